The maximum Gasteiger partial charge on any atom is 0.0747 e. The summed E-state index contributed by atoms with van der Waals surface area (Å²) in [5.41, 5.74) is 26.0. The van der Waals surface area contributed by atoms with Gasteiger partial charge in [-0.15, -0.1) is 0 Å². The summed E-state index contributed by atoms with van der Waals surface area (Å²) in [6, 6.07) is 107. The molecule has 1 aromatic heterocycles. The molecule has 0 N–H and O–H groups in total. The second-order valence-electron chi connectivity index (χ2n) is 19.2. The Kier molecular flexibility index (Phi) is 10.1. The second-order valence-corrected chi connectivity index (χ2v) is 19.2. The molecular formula is C71H48N2. The monoisotopic (exact) mass is 928 g/mol. The number of nitrogens with zero attached hydrogens (tertiary/aromatic N) is 2. The molecule has 1 heterocycles. The fourth-order valence-corrected chi connectivity index (χ4v) is 12.1. The van der Waals surface area contributed by atoms with E-state index in [1.54, 1.807) is 0 Å². The van der Waals surface area contributed by atoms with E-state index in [9.17, 15) is 0 Å². The standard InChI is InChI=1S/C71H48N2/c1-6-20-49(21-7-1)51-34-36-52(37-35-51)54-40-44-59(45-41-54)72(58-42-38-53(39-43-58)50-22-8-2-9-23-50)60-46-47-66-63(48-60)61-30-16-18-32-64(61)71(66)65-33-19-17-31-62(65)70-68(71)67(55-24-10-3-11-25-55)69(56-26-12-4-13-27-56)73(70)57-28-14-5-15-29-57/h1-48H. The number of aromatic nitrogens is 1. The lowest BCUT2D eigenvalue weighted by molar-refractivity contribution is 0.797. The minimum absolute atomic E-state index is 0.620. The number of anilines is 3. The molecule has 14 rings (SSSR count). The number of rotatable bonds is 9. The smallest absolute Gasteiger partial charge is 0.0747 e. The third kappa shape index (κ3) is 6.79. The molecule has 0 fully saturated rings. The predicted octanol–water partition coefficient (Wildman–Crippen LogP) is 18.6. The van der Waals surface area contributed by atoms with Crippen molar-refractivity contribution >= 4 is 17.1 Å². The lowest BCUT2D eigenvalue weighted by atomic mass is 9.69. The van der Waals surface area contributed by atoms with Gasteiger partial charge in [0.05, 0.1) is 16.8 Å². The number of hydrogen-bond donors (Lipinski definition) is 0. The molecule has 2 nitrogen and oxygen atoms in total. The minimum atomic E-state index is -0.620. The molecule has 0 saturated carbocycles. The van der Waals surface area contributed by atoms with Gasteiger partial charge in [0, 0.05) is 39.4 Å². The Hall–Kier alpha value is -9.50. The fourth-order valence-electron chi connectivity index (χ4n) is 12.1. The molecule has 1 unspecified atom stereocenters. The first-order valence-corrected chi connectivity index (χ1v) is 25.3. The van der Waals surface area contributed by atoms with E-state index in [-0.39, 0.29) is 0 Å². The quantitative estimate of drug-likeness (QED) is 0.140. The van der Waals surface area contributed by atoms with Crippen molar-refractivity contribution in [2.24, 2.45) is 0 Å². The Morgan fingerprint density at radius 1 is 0.260 bits per heavy atom. The highest BCUT2D eigenvalue weighted by Gasteiger charge is 2.55. The first kappa shape index (κ1) is 42.4. The maximum atomic E-state index is 2.55. The third-order valence-electron chi connectivity index (χ3n) is 15.2. The van der Waals surface area contributed by atoms with Crippen molar-refractivity contribution in [1.82, 2.24) is 4.57 Å². The number of benzene rings is 11. The first-order chi connectivity index (χ1) is 36.2. The summed E-state index contributed by atoms with van der Waals surface area (Å²) < 4.78 is 2.55. The van der Waals surface area contributed by atoms with E-state index in [1.165, 1.54) is 100 Å². The topological polar surface area (TPSA) is 8.17 Å². The summed E-state index contributed by atoms with van der Waals surface area (Å²) in [6.45, 7) is 0. The SMILES string of the molecule is c1ccc(-c2ccc(-c3ccc(N(c4ccc(-c5ccccc5)cc4)c4ccc5c(c4)-c4ccccc4C54c5ccccc5-c5c4c(-c4ccccc4)c(-c4ccccc4)n5-c4ccccc4)cc3)cc2)cc1. The summed E-state index contributed by atoms with van der Waals surface area (Å²) in [7, 11) is 0. The third-order valence-corrected chi connectivity index (χ3v) is 15.2. The highest BCUT2D eigenvalue weighted by Crippen LogP contribution is 2.67. The first-order valence-electron chi connectivity index (χ1n) is 25.3. The van der Waals surface area contributed by atoms with Gasteiger partial charge in [-0.25, -0.2) is 0 Å². The van der Waals surface area contributed by atoms with E-state index >= 15 is 0 Å². The van der Waals surface area contributed by atoms with E-state index in [1.807, 2.05) is 0 Å². The Morgan fingerprint density at radius 2 is 0.630 bits per heavy atom. The predicted molar refractivity (Wildman–Crippen MR) is 304 cm³/mol. The van der Waals surface area contributed by atoms with Crippen molar-refractivity contribution in [2.75, 3.05) is 4.90 Å². The Bertz CT molecular complexity index is 3910. The van der Waals surface area contributed by atoms with Crippen LogP contribution < -0.4 is 4.90 Å². The molecule has 11 aromatic carbocycles. The molecule has 0 bridgehead atoms. The van der Waals surface area contributed by atoms with Crippen LogP contribution in [0.25, 0.3) is 83.8 Å². The molecule has 12 aromatic rings. The van der Waals surface area contributed by atoms with Crippen molar-refractivity contribution in [3.8, 4) is 83.8 Å². The van der Waals surface area contributed by atoms with Gasteiger partial charge < -0.3 is 9.47 Å². The molecule has 2 aliphatic rings. The van der Waals surface area contributed by atoms with Gasteiger partial charge in [-0.1, -0.05) is 243 Å². The van der Waals surface area contributed by atoms with E-state index < -0.39 is 5.41 Å². The average Bonchev–Trinajstić information content (AvgIpc) is 4.24. The number of hydrogen-bond acceptors (Lipinski definition) is 1. The van der Waals surface area contributed by atoms with Gasteiger partial charge in [0.1, 0.15) is 0 Å². The van der Waals surface area contributed by atoms with Crippen molar-refractivity contribution in [3.05, 3.63) is 313 Å². The molecule has 0 saturated heterocycles. The lowest BCUT2D eigenvalue weighted by Crippen LogP contribution is -2.26. The van der Waals surface area contributed by atoms with Crippen molar-refractivity contribution in [1.29, 1.82) is 0 Å². The van der Waals surface area contributed by atoms with Crippen LogP contribution in [-0.4, -0.2) is 4.57 Å². The van der Waals surface area contributed by atoms with E-state index in [0.29, 0.717) is 0 Å². The molecular weight excluding hydrogens is 881 g/mol. The number of para-hydroxylation sites is 1. The van der Waals surface area contributed by atoms with Gasteiger partial charge in [0.25, 0.3) is 0 Å². The van der Waals surface area contributed by atoms with Crippen molar-refractivity contribution in [2.45, 2.75) is 5.41 Å². The van der Waals surface area contributed by atoms with Crippen LogP contribution in [0.4, 0.5) is 17.1 Å². The normalized spacial score (nSPS) is 13.8. The Morgan fingerprint density at radius 3 is 1.15 bits per heavy atom. The Labute approximate surface area is 427 Å². The summed E-state index contributed by atoms with van der Waals surface area (Å²) in [6.07, 6.45) is 0. The van der Waals surface area contributed by atoms with Gasteiger partial charge in [0.2, 0.25) is 0 Å². The van der Waals surface area contributed by atoms with Gasteiger partial charge in [-0.3, -0.25) is 0 Å². The summed E-state index contributed by atoms with van der Waals surface area (Å²) in [5, 5.41) is 0. The van der Waals surface area contributed by atoms with Crippen LogP contribution in [0.1, 0.15) is 22.3 Å². The minimum Gasteiger partial charge on any atom is -0.310 e. The molecule has 73 heavy (non-hydrogen) atoms. The second kappa shape index (κ2) is 17.4. The summed E-state index contributed by atoms with van der Waals surface area (Å²) in [4.78, 5) is 2.42. The van der Waals surface area contributed by atoms with Crippen LogP contribution in [-0.2, 0) is 5.41 Å². The highest BCUT2D eigenvalue weighted by molar-refractivity contribution is 6.04. The largest absolute Gasteiger partial charge is 0.310 e. The molecule has 2 heteroatoms. The molecule has 1 atom stereocenters. The molecule has 342 valence electrons. The van der Waals surface area contributed by atoms with E-state index in [4.69, 9.17) is 0 Å². The van der Waals surface area contributed by atoms with E-state index in [2.05, 4.69) is 301 Å². The zero-order chi connectivity index (χ0) is 48.3. The molecule has 0 radical (unpaired) electrons. The average molecular weight is 929 g/mol. The lowest BCUT2D eigenvalue weighted by Gasteiger charge is -2.32. The van der Waals surface area contributed by atoms with Gasteiger partial charge in [0.15, 0.2) is 0 Å². The highest BCUT2D eigenvalue weighted by atomic mass is 15.1. The number of fused-ring (bicyclic) bond motifs is 10. The zero-order valence-corrected chi connectivity index (χ0v) is 40.1. The fraction of sp³-hybridized carbons (Fsp3) is 0.0141. The van der Waals surface area contributed by atoms with Crippen LogP contribution in [0, 0.1) is 0 Å². The molecule has 1 spiro atoms. The van der Waals surface area contributed by atoms with Crippen molar-refractivity contribution < 1.29 is 0 Å². The molecule has 0 amide bonds. The van der Waals surface area contributed by atoms with Gasteiger partial charge >= 0.3 is 0 Å². The Balaban J connectivity index is 0.984. The zero-order valence-electron chi connectivity index (χ0n) is 40.1. The molecule has 2 aliphatic carbocycles. The van der Waals surface area contributed by atoms with Crippen LogP contribution >= 0.6 is 0 Å². The summed E-state index contributed by atoms with van der Waals surface area (Å²) >= 11 is 0. The van der Waals surface area contributed by atoms with Gasteiger partial charge in [-0.2, -0.15) is 0 Å². The van der Waals surface area contributed by atoms with Crippen LogP contribution in [0.2, 0.25) is 0 Å². The van der Waals surface area contributed by atoms with Crippen LogP contribution in [0.15, 0.2) is 291 Å². The maximum absolute atomic E-state index is 2.55. The van der Waals surface area contributed by atoms with E-state index in [0.717, 1.165) is 22.7 Å². The van der Waals surface area contributed by atoms with Gasteiger partial charge in [-0.05, 0) is 121 Å². The molecule has 0 aliphatic heterocycles. The van der Waals surface area contributed by atoms with Crippen molar-refractivity contribution in [3.63, 3.8) is 0 Å². The van der Waals surface area contributed by atoms with Crippen LogP contribution in [0.5, 0.6) is 0 Å². The summed E-state index contributed by atoms with van der Waals surface area (Å²) in [5.74, 6) is 0. The van der Waals surface area contributed by atoms with Crippen LogP contribution in [0.3, 0.4) is 0 Å².